The number of hydrogen-bond donors (Lipinski definition) is 3. The van der Waals surface area contributed by atoms with Gasteiger partial charge in [0, 0.05) is 60.1 Å². The Morgan fingerprint density at radius 3 is 2.84 bits per heavy atom. The van der Waals surface area contributed by atoms with Gasteiger partial charge in [0.25, 0.3) is 0 Å². The van der Waals surface area contributed by atoms with Gasteiger partial charge in [-0.15, -0.1) is 11.3 Å². The monoisotopic (exact) mass is 531 g/mol. The lowest BCUT2D eigenvalue weighted by molar-refractivity contribution is 0.0369. The Hall–Kier alpha value is -3.20. The van der Waals surface area contributed by atoms with Gasteiger partial charge in [0.1, 0.15) is 10.6 Å². The van der Waals surface area contributed by atoms with E-state index in [4.69, 9.17) is 15.2 Å². The minimum absolute atomic E-state index is 0.316. The van der Waals surface area contributed by atoms with Crippen molar-refractivity contribution in [2.45, 2.75) is 72.7 Å². The zero-order chi connectivity index (χ0) is 25.2. The van der Waals surface area contributed by atoms with E-state index in [9.17, 15) is 0 Å². The van der Waals surface area contributed by atoms with Crippen LogP contribution in [0.1, 0.15) is 44.2 Å². The number of aromatic nitrogens is 5. The van der Waals surface area contributed by atoms with Gasteiger partial charge in [-0.25, -0.2) is 4.98 Å². The fourth-order valence-electron chi connectivity index (χ4n) is 5.56. The summed E-state index contributed by atoms with van der Waals surface area (Å²) in [6.07, 6.45) is 10.0. The summed E-state index contributed by atoms with van der Waals surface area (Å²) in [5.41, 5.74) is 0.985. The fraction of sp³-hybridized carbons (Fsp3) is 0.423. The van der Waals surface area contributed by atoms with Crippen LogP contribution < -0.4 is 10.6 Å². The lowest BCUT2D eigenvalue weighted by Gasteiger charge is -2.48. The summed E-state index contributed by atoms with van der Waals surface area (Å²) in [4.78, 5) is 18.7. The number of anilines is 3. The molecular weight excluding hydrogens is 502 g/mol. The first kappa shape index (κ1) is 24.2. The van der Waals surface area contributed by atoms with Gasteiger partial charge in [-0.3, -0.25) is 15.0 Å². The van der Waals surface area contributed by atoms with Crippen LogP contribution in [0, 0.1) is 18.3 Å². The van der Waals surface area contributed by atoms with Crippen molar-refractivity contribution >= 4 is 50.9 Å². The molecule has 4 aromatic heterocycles. The van der Waals surface area contributed by atoms with E-state index in [0.717, 1.165) is 56.0 Å². The molecule has 2 aliphatic heterocycles. The smallest absolute Gasteiger partial charge is 0.226 e. The molecule has 0 aromatic carbocycles. The molecule has 3 N–H and O–H groups in total. The van der Waals surface area contributed by atoms with Crippen molar-refractivity contribution < 1.29 is 0 Å². The summed E-state index contributed by atoms with van der Waals surface area (Å²) >= 11 is 3.34. The summed E-state index contributed by atoms with van der Waals surface area (Å²) in [5, 5.41) is 24.5. The van der Waals surface area contributed by atoms with Gasteiger partial charge in [-0.2, -0.15) is 15.3 Å². The Bertz CT molecular complexity index is 1400. The third kappa shape index (κ3) is 5.42. The number of H-pyrrole nitrogens is 1. The van der Waals surface area contributed by atoms with Crippen LogP contribution in [0.5, 0.6) is 0 Å². The predicted octanol–water partition coefficient (Wildman–Crippen LogP) is 5.72. The molecule has 37 heavy (non-hydrogen) atoms. The van der Waals surface area contributed by atoms with Gasteiger partial charge in [0.05, 0.1) is 15.7 Å². The Morgan fingerprint density at radius 2 is 2.11 bits per heavy atom. The number of nitrogens with zero attached hydrogens (tertiary/aromatic N) is 6. The first-order valence-corrected chi connectivity index (χ1v) is 14.4. The first-order valence-electron chi connectivity index (χ1n) is 12.7. The Kier molecular flexibility index (Phi) is 6.95. The van der Waals surface area contributed by atoms with Crippen molar-refractivity contribution in [1.29, 1.82) is 5.26 Å². The van der Waals surface area contributed by atoms with E-state index in [-0.39, 0.29) is 0 Å². The molecular formula is C26H29N9S2. The predicted molar refractivity (Wildman–Crippen MR) is 147 cm³/mol. The summed E-state index contributed by atoms with van der Waals surface area (Å²) in [5.74, 6) is 2.13. The van der Waals surface area contributed by atoms with Gasteiger partial charge in [0.2, 0.25) is 5.95 Å². The minimum atomic E-state index is 0.316. The van der Waals surface area contributed by atoms with Gasteiger partial charge in [0.15, 0.2) is 5.82 Å². The normalized spacial score (nSPS) is 21.6. The Balaban J connectivity index is 1.27. The van der Waals surface area contributed by atoms with Crippen LogP contribution in [-0.4, -0.2) is 54.7 Å². The van der Waals surface area contributed by atoms with Crippen molar-refractivity contribution in [1.82, 2.24) is 30.0 Å². The fourth-order valence-corrected chi connectivity index (χ4v) is 7.69. The molecule has 2 aliphatic rings. The molecule has 0 amide bonds. The van der Waals surface area contributed by atoms with Crippen molar-refractivity contribution in [3.8, 4) is 6.07 Å². The summed E-state index contributed by atoms with van der Waals surface area (Å²) in [6, 6.07) is 11.8. The average Bonchev–Trinajstić information content (AvgIpc) is 3.48. The number of fused-ring (bicyclic) bond motifs is 3. The maximum Gasteiger partial charge on any atom is 0.226 e. The number of piperidine rings is 2. The molecule has 0 saturated carbocycles. The molecule has 2 bridgehead atoms. The molecule has 9 nitrogen and oxygen atoms in total. The summed E-state index contributed by atoms with van der Waals surface area (Å²) < 4.78 is 1.14. The van der Waals surface area contributed by atoms with Crippen LogP contribution in [0.15, 0.2) is 45.8 Å². The van der Waals surface area contributed by atoms with E-state index in [1.54, 1.807) is 29.3 Å². The standard InChI is InChI=1S/C26H29N9S2/c1-16-11-22(34-33-16)30-24-21-14-23(36-20-7-3-9-28-15-20)37-25(21)32-26(31-24)29-17-12-18-5-2-6-19(13-17)35(18)10-4-8-27/h3,7,9,11,14-15,17-19H,2,4-6,10,12-13H2,1H3,(H3,29,30,31,32,33,34). The van der Waals surface area contributed by atoms with Crippen LogP contribution in [-0.2, 0) is 0 Å². The molecule has 6 heterocycles. The lowest BCUT2D eigenvalue weighted by atomic mass is 9.81. The molecule has 2 saturated heterocycles. The Morgan fingerprint density at radius 1 is 1.24 bits per heavy atom. The van der Waals surface area contributed by atoms with Crippen molar-refractivity contribution in [2.75, 3.05) is 17.2 Å². The summed E-state index contributed by atoms with van der Waals surface area (Å²) in [7, 11) is 0. The highest BCUT2D eigenvalue weighted by atomic mass is 32.2. The second-order valence-corrected chi connectivity index (χ2v) is 12.1. The van der Waals surface area contributed by atoms with E-state index >= 15 is 0 Å². The van der Waals surface area contributed by atoms with E-state index < -0.39 is 0 Å². The van der Waals surface area contributed by atoms with Crippen molar-refractivity contribution in [2.24, 2.45) is 0 Å². The van der Waals surface area contributed by atoms with Crippen molar-refractivity contribution in [3.63, 3.8) is 0 Å². The molecule has 2 atom stereocenters. The van der Waals surface area contributed by atoms with E-state index in [1.807, 2.05) is 25.3 Å². The van der Waals surface area contributed by atoms with E-state index in [1.165, 1.54) is 19.3 Å². The second kappa shape index (κ2) is 10.7. The molecule has 0 aliphatic carbocycles. The zero-order valence-corrected chi connectivity index (χ0v) is 22.3. The van der Waals surface area contributed by atoms with Crippen molar-refractivity contribution in [3.05, 3.63) is 42.4 Å². The molecule has 2 unspecified atom stereocenters. The lowest BCUT2D eigenvalue weighted by Crippen LogP contribution is -2.55. The zero-order valence-electron chi connectivity index (χ0n) is 20.6. The highest BCUT2D eigenvalue weighted by Crippen LogP contribution is 2.40. The number of thiophene rings is 1. The molecule has 0 radical (unpaired) electrons. The third-order valence-corrected chi connectivity index (χ3v) is 9.24. The number of nitriles is 1. The SMILES string of the molecule is Cc1cc(Nc2nc(NC3CC4CCCC(C3)N4CCC#N)nc3sc(Sc4cccnc4)cc23)n[nH]1. The Labute approximate surface area is 224 Å². The number of rotatable bonds is 8. The number of hydrogen-bond acceptors (Lipinski definition) is 10. The van der Waals surface area contributed by atoms with E-state index in [0.29, 0.717) is 30.5 Å². The van der Waals surface area contributed by atoms with Crippen LogP contribution in [0.3, 0.4) is 0 Å². The number of aryl methyl sites for hydroxylation is 1. The molecule has 6 rings (SSSR count). The van der Waals surface area contributed by atoms with Crippen LogP contribution in [0.4, 0.5) is 17.6 Å². The molecule has 190 valence electrons. The van der Waals surface area contributed by atoms with Gasteiger partial charge >= 0.3 is 0 Å². The highest BCUT2D eigenvalue weighted by molar-refractivity contribution is 8.01. The molecule has 2 fully saturated rings. The summed E-state index contributed by atoms with van der Waals surface area (Å²) in [6.45, 7) is 2.86. The molecule has 0 spiro atoms. The van der Waals surface area contributed by atoms with Gasteiger partial charge < -0.3 is 10.6 Å². The quantitative estimate of drug-likeness (QED) is 0.262. The highest BCUT2D eigenvalue weighted by Gasteiger charge is 2.38. The van der Waals surface area contributed by atoms with Crippen LogP contribution >= 0.6 is 23.1 Å². The van der Waals surface area contributed by atoms with Gasteiger partial charge in [-0.1, -0.05) is 18.2 Å². The van der Waals surface area contributed by atoms with E-state index in [2.05, 4.69) is 48.9 Å². The largest absolute Gasteiger partial charge is 0.351 e. The van der Waals surface area contributed by atoms with Crippen LogP contribution in [0.25, 0.3) is 10.2 Å². The number of aromatic amines is 1. The van der Waals surface area contributed by atoms with Crippen LogP contribution in [0.2, 0.25) is 0 Å². The number of nitrogens with one attached hydrogen (secondary N) is 3. The average molecular weight is 532 g/mol. The van der Waals surface area contributed by atoms with Gasteiger partial charge in [-0.05, 0) is 50.8 Å². The molecule has 4 aromatic rings. The topological polar surface area (TPSA) is 118 Å². The number of pyridine rings is 1. The molecule has 11 heteroatoms. The maximum atomic E-state index is 9.09. The minimum Gasteiger partial charge on any atom is -0.351 e. The first-order chi connectivity index (χ1) is 18.1. The third-order valence-electron chi connectivity index (χ3n) is 7.12. The maximum absolute atomic E-state index is 9.09. The second-order valence-electron chi connectivity index (χ2n) is 9.73.